The maximum Gasteiger partial charge on any atom is 0.339 e. The highest BCUT2D eigenvalue weighted by Gasteiger charge is 2.18. The van der Waals surface area contributed by atoms with Crippen LogP contribution in [0.5, 0.6) is 5.75 Å². The van der Waals surface area contributed by atoms with Gasteiger partial charge in [-0.3, -0.25) is 0 Å². The number of carboxylic acid groups (broad SMARTS) is 1. The summed E-state index contributed by atoms with van der Waals surface area (Å²) in [7, 11) is 2.66. The zero-order valence-corrected chi connectivity index (χ0v) is 12.7. The van der Waals surface area contributed by atoms with E-state index in [1.54, 1.807) is 18.2 Å². The monoisotopic (exact) mass is 320 g/mol. The van der Waals surface area contributed by atoms with Gasteiger partial charge in [-0.15, -0.1) is 0 Å². The predicted molar refractivity (Wildman–Crippen MR) is 81.7 cm³/mol. The van der Waals surface area contributed by atoms with Gasteiger partial charge in [-0.25, -0.2) is 9.59 Å². The van der Waals surface area contributed by atoms with Crippen molar-refractivity contribution in [3.05, 3.63) is 52.5 Å². The summed E-state index contributed by atoms with van der Waals surface area (Å²) in [5.41, 5.74) is 1.30. The van der Waals surface area contributed by atoms with Crippen molar-refractivity contribution < 1.29 is 24.2 Å². The Balaban J connectivity index is 2.68. The van der Waals surface area contributed by atoms with Gasteiger partial charge in [0.1, 0.15) is 11.3 Å². The minimum absolute atomic E-state index is 0.0135. The Morgan fingerprint density at radius 3 is 2.41 bits per heavy atom. The van der Waals surface area contributed by atoms with E-state index in [-0.39, 0.29) is 11.3 Å². The molecule has 0 aromatic heterocycles. The molecule has 0 saturated heterocycles. The van der Waals surface area contributed by atoms with Gasteiger partial charge in [-0.2, -0.15) is 0 Å². The molecule has 5 nitrogen and oxygen atoms in total. The Kier molecular flexibility index (Phi) is 4.68. The van der Waals surface area contributed by atoms with Gasteiger partial charge < -0.3 is 14.6 Å². The molecule has 0 radical (unpaired) electrons. The molecule has 0 aliphatic rings. The number of esters is 1. The van der Waals surface area contributed by atoms with E-state index in [2.05, 4.69) is 4.74 Å². The largest absolute Gasteiger partial charge is 0.495 e. The van der Waals surface area contributed by atoms with Gasteiger partial charge >= 0.3 is 11.9 Å². The van der Waals surface area contributed by atoms with Crippen molar-refractivity contribution in [2.45, 2.75) is 0 Å². The quantitative estimate of drug-likeness (QED) is 0.873. The number of carbonyl (C=O) groups excluding carboxylic acids is 1. The minimum atomic E-state index is -1.11. The molecular formula is C16H13ClO5. The van der Waals surface area contributed by atoms with Crippen LogP contribution in [0.2, 0.25) is 5.02 Å². The lowest BCUT2D eigenvalue weighted by molar-refractivity contribution is 0.0599. The van der Waals surface area contributed by atoms with E-state index in [0.717, 1.165) is 0 Å². The second kappa shape index (κ2) is 6.49. The zero-order chi connectivity index (χ0) is 16.3. The summed E-state index contributed by atoms with van der Waals surface area (Å²) in [6, 6.07) is 9.32. The number of rotatable bonds is 4. The van der Waals surface area contributed by atoms with E-state index in [1.807, 2.05) is 0 Å². The molecule has 0 unspecified atom stereocenters. The summed E-state index contributed by atoms with van der Waals surface area (Å²) in [6.45, 7) is 0. The van der Waals surface area contributed by atoms with E-state index < -0.39 is 11.9 Å². The number of para-hydroxylation sites is 1. The highest BCUT2D eigenvalue weighted by Crippen LogP contribution is 2.37. The van der Waals surface area contributed by atoms with E-state index in [4.69, 9.17) is 16.3 Å². The fraction of sp³-hybridized carbons (Fsp3) is 0.125. The first kappa shape index (κ1) is 15.9. The summed E-state index contributed by atoms with van der Waals surface area (Å²) >= 11 is 6.18. The van der Waals surface area contributed by atoms with Gasteiger partial charge in [0.15, 0.2) is 0 Å². The van der Waals surface area contributed by atoms with Crippen molar-refractivity contribution in [3.8, 4) is 16.9 Å². The Bertz CT molecular complexity index is 739. The fourth-order valence-electron chi connectivity index (χ4n) is 2.11. The second-order valence-corrected chi connectivity index (χ2v) is 4.78. The first-order valence-electron chi connectivity index (χ1n) is 6.28. The molecule has 0 amide bonds. The SMILES string of the molecule is COC(=O)c1ccc(Cl)c(-c2cccc(C(=O)O)c2OC)c1. The average Bonchev–Trinajstić information content (AvgIpc) is 2.53. The van der Waals surface area contributed by atoms with Crippen LogP contribution in [0.25, 0.3) is 11.1 Å². The number of carbonyl (C=O) groups is 2. The molecule has 0 aliphatic heterocycles. The minimum Gasteiger partial charge on any atom is -0.495 e. The number of halogens is 1. The molecule has 114 valence electrons. The molecule has 0 saturated carbocycles. The third kappa shape index (κ3) is 2.89. The number of carboxylic acids is 1. The van der Waals surface area contributed by atoms with Gasteiger partial charge in [0.25, 0.3) is 0 Å². The summed E-state index contributed by atoms with van der Waals surface area (Å²) in [5.74, 6) is -1.44. The third-order valence-electron chi connectivity index (χ3n) is 3.13. The molecule has 0 aliphatic carbocycles. The van der Waals surface area contributed by atoms with E-state index in [1.165, 1.54) is 32.4 Å². The van der Waals surface area contributed by atoms with Crippen LogP contribution in [0, 0.1) is 0 Å². The van der Waals surface area contributed by atoms with Gasteiger partial charge in [-0.05, 0) is 24.3 Å². The molecule has 2 rings (SSSR count). The van der Waals surface area contributed by atoms with Crippen molar-refractivity contribution in [2.24, 2.45) is 0 Å². The number of ether oxygens (including phenoxy) is 2. The molecule has 0 heterocycles. The number of benzene rings is 2. The molecule has 1 N–H and O–H groups in total. The Morgan fingerprint density at radius 2 is 1.82 bits per heavy atom. The number of hydrogen-bond acceptors (Lipinski definition) is 4. The second-order valence-electron chi connectivity index (χ2n) is 4.38. The molecule has 0 fully saturated rings. The van der Waals surface area contributed by atoms with Crippen LogP contribution >= 0.6 is 11.6 Å². The first-order chi connectivity index (χ1) is 10.5. The Labute approximate surface area is 132 Å². The lowest BCUT2D eigenvalue weighted by Crippen LogP contribution is -2.03. The Hall–Kier alpha value is -2.53. The van der Waals surface area contributed by atoms with Gasteiger partial charge in [-0.1, -0.05) is 23.7 Å². The predicted octanol–water partition coefficient (Wildman–Crippen LogP) is 3.50. The van der Waals surface area contributed by atoms with Gasteiger partial charge in [0.05, 0.1) is 19.8 Å². The molecule has 2 aromatic rings. The summed E-state index contributed by atoms with van der Waals surface area (Å²) < 4.78 is 9.90. The lowest BCUT2D eigenvalue weighted by Gasteiger charge is -2.13. The highest BCUT2D eigenvalue weighted by atomic mass is 35.5. The van der Waals surface area contributed by atoms with Crippen LogP contribution in [-0.4, -0.2) is 31.3 Å². The molecule has 0 bridgehead atoms. The highest BCUT2D eigenvalue weighted by molar-refractivity contribution is 6.33. The van der Waals surface area contributed by atoms with Crippen molar-refractivity contribution in [1.82, 2.24) is 0 Å². The Morgan fingerprint density at radius 1 is 1.09 bits per heavy atom. The number of methoxy groups -OCH3 is 2. The van der Waals surface area contributed by atoms with Crippen molar-refractivity contribution >= 4 is 23.5 Å². The maximum absolute atomic E-state index is 11.6. The van der Waals surface area contributed by atoms with Crippen LogP contribution in [0.3, 0.4) is 0 Å². The van der Waals surface area contributed by atoms with E-state index in [9.17, 15) is 14.7 Å². The molecular weight excluding hydrogens is 308 g/mol. The lowest BCUT2D eigenvalue weighted by atomic mass is 9.99. The van der Waals surface area contributed by atoms with Crippen molar-refractivity contribution in [3.63, 3.8) is 0 Å². The summed E-state index contributed by atoms with van der Waals surface area (Å²) in [6.07, 6.45) is 0. The van der Waals surface area contributed by atoms with Crippen molar-refractivity contribution in [2.75, 3.05) is 14.2 Å². The summed E-state index contributed by atoms with van der Waals surface area (Å²) in [5, 5.41) is 9.60. The first-order valence-corrected chi connectivity index (χ1v) is 6.66. The van der Waals surface area contributed by atoms with Crippen LogP contribution in [0.4, 0.5) is 0 Å². The molecule has 22 heavy (non-hydrogen) atoms. The van der Waals surface area contributed by atoms with Crippen LogP contribution in [0.1, 0.15) is 20.7 Å². The topological polar surface area (TPSA) is 72.8 Å². The zero-order valence-electron chi connectivity index (χ0n) is 11.9. The molecule has 6 heteroatoms. The smallest absolute Gasteiger partial charge is 0.339 e. The van der Waals surface area contributed by atoms with Crippen LogP contribution < -0.4 is 4.74 Å². The summed E-state index contributed by atoms with van der Waals surface area (Å²) in [4.78, 5) is 22.9. The third-order valence-corrected chi connectivity index (χ3v) is 3.46. The standard InChI is InChI=1S/C16H13ClO5/c1-21-14-10(4-3-5-11(14)15(18)19)12-8-9(16(20)22-2)6-7-13(12)17/h3-8H,1-2H3,(H,18,19). The maximum atomic E-state index is 11.6. The molecule has 2 aromatic carbocycles. The van der Waals surface area contributed by atoms with Gasteiger partial charge in [0.2, 0.25) is 0 Å². The van der Waals surface area contributed by atoms with E-state index in [0.29, 0.717) is 21.7 Å². The normalized spacial score (nSPS) is 10.1. The fourth-order valence-corrected chi connectivity index (χ4v) is 2.33. The average molecular weight is 321 g/mol. The van der Waals surface area contributed by atoms with Gasteiger partial charge in [0, 0.05) is 16.1 Å². The molecule has 0 atom stereocenters. The van der Waals surface area contributed by atoms with Crippen molar-refractivity contribution in [1.29, 1.82) is 0 Å². The molecule has 0 spiro atoms. The number of hydrogen-bond donors (Lipinski definition) is 1. The number of aromatic carboxylic acids is 1. The van der Waals surface area contributed by atoms with Crippen LogP contribution in [0.15, 0.2) is 36.4 Å². The van der Waals surface area contributed by atoms with Crippen LogP contribution in [-0.2, 0) is 4.74 Å². The van der Waals surface area contributed by atoms with E-state index >= 15 is 0 Å².